The van der Waals surface area contributed by atoms with Crippen LogP contribution in [0.15, 0.2) is 12.3 Å². The van der Waals surface area contributed by atoms with Crippen molar-refractivity contribution in [3.8, 4) is 0 Å². The molecule has 1 aromatic rings. The Morgan fingerprint density at radius 1 is 1.38 bits per heavy atom. The van der Waals surface area contributed by atoms with Crippen molar-refractivity contribution in [2.75, 3.05) is 0 Å². The van der Waals surface area contributed by atoms with Gasteiger partial charge in [0.25, 0.3) is 0 Å². The van der Waals surface area contributed by atoms with Gasteiger partial charge in [0.15, 0.2) is 5.69 Å². The molecule has 2 nitrogen and oxygen atoms in total. The number of rotatable bonds is 2. The maximum absolute atomic E-state index is 12.2. The zero-order valence-corrected chi connectivity index (χ0v) is 9.97. The van der Waals surface area contributed by atoms with Crippen molar-refractivity contribution in [3.05, 3.63) is 23.8 Å². The van der Waals surface area contributed by atoms with Crippen molar-refractivity contribution < 1.29 is 13.2 Å². The van der Waals surface area contributed by atoms with E-state index in [4.69, 9.17) is 0 Å². The summed E-state index contributed by atoms with van der Waals surface area (Å²) in [5, 5.41) is 0. The summed E-state index contributed by atoms with van der Waals surface area (Å²) >= 11 is 0. The molecule has 0 aromatic carbocycles. The smallest absolute Gasteiger partial charge is 0.334 e. The number of halogens is 3. The summed E-state index contributed by atoms with van der Waals surface area (Å²) in [7, 11) is 1.54. The largest absolute Gasteiger partial charge is 0.434 e. The predicted molar refractivity (Wildman–Crippen MR) is 58.9 cm³/mol. The first-order chi connectivity index (χ1) is 7.45. The first-order valence-corrected chi connectivity index (χ1v) is 5.22. The Kier molecular flexibility index (Phi) is 5.85. The first kappa shape index (κ1) is 14.7. The highest BCUT2D eigenvalue weighted by Crippen LogP contribution is 2.28. The SMILES string of the molecule is CC.CC/C=C/c1nc(C(F)(F)F)cn1C. The minimum atomic E-state index is -4.37. The minimum Gasteiger partial charge on any atom is -0.334 e. The molecular weight excluding hydrogens is 217 g/mol. The lowest BCUT2D eigenvalue weighted by Crippen LogP contribution is -2.04. The van der Waals surface area contributed by atoms with E-state index in [9.17, 15) is 13.2 Å². The average molecular weight is 234 g/mol. The maximum Gasteiger partial charge on any atom is 0.434 e. The van der Waals surface area contributed by atoms with Crippen molar-refractivity contribution in [1.29, 1.82) is 0 Å². The molecule has 0 bridgehead atoms. The monoisotopic (exact) mass is 234 g/mol. The zero-order valence-electron chi connectivity index (χ0n) is 9.97. The summed E-state index contributed by atoms with van der Waals surface area (Å²) in [4.78, 5) is 3.47. The van der Waals surface area contributed by atoms with E-state index in [0.29, 0.717) is 5.82 Å². The van der Waals surface area contributed by atoms with E-state index in [0.717, 1.165) is 12.6 Å². The third kappa shape index (κ3) is 4.08. The number of imidazole rings is 1. The molecule has 0 amide bonds. The molecule has 0 radical (unpaired) electrons. The van der Waals surface area contributed by atoms with Crippen molar-refractivity contribution in [1.82, 2.24) is 9.55 Å². The van der Waals surface area contributed by atoms with Crippen molar-refractivity contribution in [2.24, 2.45) is 7.05 Å². The summed E-state index contributed by atoms with van der Waals surface area (Å²) in [5.41, 5.74) is -0.851. The highest BCUT2D eigenvalue weighted by molar-refractivity contribution is 5.41. The summed E-state index contributed by atoms with van der Waals surface area (Å²) in [6.45, 7) is 5.91. The van der Waals surface area contributed by atoms with Gasteiger partial charge in [0.05, 0.1) is 0 Å². The number of aryl methyl sites for hydroxylation is 1. The van der Waals surface area contributed by atoms with Gasteiger partial charge in [0.2, 0.25) is 0 Å². The van der Waals surface area contributed by atoms with Crippen molar-refractivity contribution >= 4 is 6.08 Å². The number of hydrogen-bond donors (Lipinski definition) is 0. The van der Waals surface area contributed by atoms with E-state index < -0.39 is 11.9 Å². The molecule has 0 saturated carbocycles. The lowest BCUT2D eigenvalue weighted by molar-refractivity contribution is -0.140. The number of nitrogens with zero attached hydrogens (tertiary/aromatic N) is 2. The Hall–Kier alpha value is -1.26. The zero-order chi connectivity index (χ0) is 12.8. The Bertz CT molecular complexity index is 337. The quantitative estimate of drug-likeness (QED) is 0.759. The number of alkyl halides is 3. The van der Waals surface area contributed by atoms with Crippen molar-refractivity contribution in [3.63, 3.8) is 0 Å². The fraction of sp³-hybridized carbons (Fsp3) is 0.545. The van der Waals surface area contributed by atoms with Gasteiger partial charge >= 0.3 is 6.18 Å². The van der Waals surface area contributed by atoms with Gasteiger partial charge in [-0.2, -0.15) is 13.2 Å². The molecule has 1 aromatic heterocycles. The Morgan fingerprint density at radius 2 is 1.94 bits per heavy atom. The molecule has 5 heteroatoms. The first-order valence-electron chi connectivity index (χ1n) is 5.22. The molecule has 1 rings (SSSR count). The van der Waals surface area contributed by atoms with E-state index in [1.165, 1.54) is 11.6 Å². The molecule has 16 heavy (non-hydrogen) atoms. The van der Waals surface area contributed by atoms with Crippen LogP contribution in [0.25, 0.3) is 6.08 Å². The molecule has 0 N–H and O–H groups in total. The number of aromatic nitrogens is 2. The van der Waals surface area contributed by atoms with Gasteiger partial charge in [-0.25, -0.2) is 4.98 Å². The van der Waals surface area contributed by atoms with Gasteiger partial charge in [0, 0.05) is 13.2 Å². The molecule has 0 spiro atoms. The van der Waals surface area contributed by atoms with Crippen LogP contribution in [0, 0.1) is 0 Å². The average Bonchev–Trinajstić information content (AvgIpc) is 2.60. The molecule has 1 heterocycles. The highest BCUT2D eigenvalue weighted by Gasteiger charge is 2.34. The van der Waals surface area contributed by atoms with Gasteiger partial charge < -0.3 is 4.57 Å². The maximum atomic E-state index is 12.2. The number of allylic oxidation sites excluding steroid dienone is 1. The fourth-order valence-corrected chi connectivity index (χ4v) is 0.995. The lowest BCUT2D eigenvalue weighted by atomic mass is 10.4. The van der Waals surface area contributed by atoms with E-state index >= 15 is 0 Å². The van der Waals surface area contributed by atoms with E-state index in [2.05, 4.69) is 4.98 Å². The summed E-state index contributed by atoms with van der Waals surface area (Å²) in [5.74, 6) is 0.319. The third-order valence-corrected chi connectivity index (χ3v) is 1.71. The standard InChI is InChI=1S/C9H11F3N2.C2H6/c1-3-4-5-8-13-7(6-14(8)2)9(10,11)12;1-2/h4-6H,3H2,1-2H3;1-2H3/b5-4+;. The second-order valence-corrected chi connectivity index (χ2v) is 2.90. The Balaban J connectivity index is 0.00000106. The van der Waals surface area contributed by atoms with E-state index in [1.54, 1.807) is 12.2 Å². The lowest BCUT2D eigenvalue weighted by Gasteiger charge is -1.98. The summed E-state index contributed by atoms with van der Waals surface area (Å²) < 4.78 is 38.0. The second-order valence-electron chi connectivity index (χ2n) is 2.90. The molecule has 92 valence electrons. The van der Waals surface area contributed by atoms with Crippen LogP contribution in [-0.4, -0.2) is 9.55 Å². The third-order valence-electron chi connectivity index (χ3n) is 1.71. The molecular formula is C11H17F3N2. The predicted octanol–water partition coefficient (Wildman–Crippen LogP) is 3.89. The van der Waals surface area contributed by atoms with Gasteiger partial charge in [-0.1, -0.05) is 26.8 Å². The second kappa shape index (κ2) is 6.35. The van der Waals surface area contributed by atoms with Crippen LogP contribution in [0.3, 0.4) is 0 Å². The fourth-order valence-electron chi connectivity index (χ4n) is 0.995. The summed E-state index contributed by atoms with van der Waals surface area (Å²) in [6, 6.07) is 0. The van der Waals surface area contributed by atoms with Crippen molar-refractivity contribution in [2.45, 2.75) is 33.4 Å². The van der Waals surface area contributed by atoms with Crippen LogP contribution in [0.5, 0.6) is 0 Å². The van der Waals surface area contributed by atoms with E-state index in [1.807, 2.05) is 20.8 Å². The minimum absolute atomic E-state index is 0.319. The Morgan fingerprint density at radius 3 is 2.31 bits per heavy atom. The van der Waals surface area contributed by atoms with Gasteiger partial charge in [-0.3, -0.25) is 0 Å². The molecule has 0 saturated heterocycles. The summed E-state index contributed by atoms with van der Waals surface area (Å²) in [6.07, 6.45) is 0.733. The van der Waals surface area contributed by atoms with Crippen LogP contribution >= 0.6 is 0 Å². The molecule has 0 fully saturated rings. The molecule has 0 aliphatic carbocycles. The van der Waals surface area contributed by atoms with Crippen LogP contribution in [-0.2, 0) is 13.2 Å². The van der Waals surface area contributed by atoms with Crippen LogP contribution in [0.1, 0.15) is 38.7 Å². The molecule has 0 atom stereocenters. The van der Waals surface area contributed by atoms with Gasteiger partial charge in [0.1, 0.15) is 5.82 Å². The Labute approximate surface area is 93.8 Å². The topological polar surface area (TPSA) is 17.8 Å². The molecule has 0 unspecified atom stereocenters. The molecule has 0 aliphatic heterocycles. The normalized spacial score (nSPS) is 11.4. The van der Waals surface area contributed by atoms with Gasteiger partial charge in [-0.05, 0) is 12.5 Å². The molecule has 0 aliphatic rings. The van der Waals surface area contributed by atoms with E-state index in [-0.39, 0.29) is 0 Å². The van der Waals surface area contributed by atoms with Crippen LogP contribution in [0.4, 0.5) is 13.2 Å². The van der Waals surface area contributed by atoms with Gasteiger partial charge in [-0.15, -0.1) is 0 Å². The highest BCUT2D eigenvalue weighted by atomic mass is 19.4. The van der Waals surface area contributed by atoms with Crippen LogP contribution in [0.2, 0.25) is 0 Å². The van der Waals surface area contributed by atoms with Crippen LogP contribution < -0.4 is 0 Å². The number of hydrogen-bond acceptors (Lipinski definition) is 1.